The Balaban J connectivity index is 2.47. The SMILES string of the molecule is Cn1ncc(I)c1-c1c(C#N)cc2ccccc2c1Cl. The van der Waals surface area contributed by atoms with E-state index < -0.39 is 0 Å². The Hall–Kier alpha value is -1.58. The zero-order valence-electron chi connectivity index (χ0n) is 10.6. The van der Waals surface area contributed by atoms with E-state index >= 15 is 0 Å². The van der Waals surface area contributed by atoms with Gasteiger partial charge in [-0.3, -0.25) is 4.68 Å². The summed E-state index contributed by atoms with van der Waals surface area (Å²) in [6, 6.07) is 11.9. The Morgan fingerprint density at radius 3 is 2.75 bits per heavy atom. The van der Waals surface area contributed by atoms with Crippen molar-refractivity contribution in [2.45, 2.75) is 0 Å². The Kier molecular flexibility index (Phi) is 3.40. The van der Waals surface area contributed by atoms with Gasteiger partial charge in [0.2, 0.25) is 0 Å². The Bertz CT molecular complexity index is 842. The minimum Gasteiger partial charge on any atom is -0.267 e. The second kappa shape index (κ2) is 5.08. The molecule has 0 fully saturated rings. The molecule has 3 aromatic rings. The summed E-state index contributed by atoms with van der Waals surface area (Å²) >= 11 is 8.77. The van der Waals surface area contributed by atoms with Gasteiger partial charge in [-0.2, -0.15) is 10.4 Å². The molecule has 0 aliphatic rings. The van der Waals surface area contributed by atoms with Crippen molar-refractivity contribution in [3.8, 4) is 17.3 Å². The average molecular weight is 394 g/mol. The highest BCUT2D eigenvalue weighted by Crippen LogP contribution is 2.38. The molecule has 1 aromatic heterocycles. The molecule has 0 spiro atoms. The molecule has 3 rings (SSSR count). The number of aromatic nitrogens is 2. The van der Waals surface area contributed by atoms with Gasteiger partial charge in [0.15, 0.2) is 0 Å². The number of hydrogen-bond donors (Lipinski definition) is 0. The van der Waals surface area contributed by atoms with Gasteiger partial charge < -0.3 is 0 Å². The molecule has 5 heteroatoms. The van der Waals surface area contributed by atoms with Gasteiger partial charge in [0.25, 0.3) is 0 Å². The standard InChI is InChI=1S/C15H9ClIN3/c1-20-15(12(17)8-19-20)13-10(7-18)6-9-4-2-3-5-11(9)14(13)16/h2-6,8H,1H3. The third-order valence-corrected chi connectivity index (χ3v) is 4.42. The largest absolute Gasteiger partial charge is 0.267 e. The normalized spacial score (nSPS) is 10.7. The molecule has 0 amide bonds. The number of benzene rings is 2. The third kappa shape index (κ3) is 1.98. The maximum Gasteiger partial charge on any atom is 0.0999 e. The minimum atomic E-state index is 0.565. The van der Waals surface area contributed by atoms with Crippen LogP contribution in [0.2, 0.25) is 5.02 Å². The lowest BCUT2D eigenvalue weighted by Crippen LogP contribution is -1.98. The van der Waals surface area contributed by atoms with E-state index in [0.717, 1.165) is 25.6 Å². The van der Waals surface area contributed by atoms with Crippen LogP contribution in [0.1, 0.15) is 5.56 Å². The summed E-state index contributed by atoms with van der Waals surface area (Å²) in [7, 11) is 1.85. The number of hydrogen-bond acceptors (Lipinski definition) is 2. The van der Waals surface area contributed by atoms with Crippen LogP contribution in [0.5, 0.6) is 0 Å². The first-order valence-electron chi connectivity index (χ1n) is 5.92. The molecular formula is C15H9ClIN3. The lowest BCUT2D eigenvalue weighted by Gasteiger charge is -2.11. The Morgan fingerprint density at radius 1 is 1.35 bits per heavy atom. The highest BCUT2D eigenvalue weighted by molar-refractivity contribution is 14.1. The zero-order chi connectivity index (χ0) is 14.3. The van der Waals surface area contributed by atoms with Gasteiger partial charge in [0.05, 0.1) is 32.1 Å². The molecule has 3 nitrogen and oxygen atoms in total. The molecule has 0 unspecified atom stereocenters. The first-order chi connectivity index (χ1) is 9.63. The second-order valence-electron chi connectivity index (χ2n) is 4.41. The van der Waals surface area contributed by atoms with E-state index in [2.05, 4.69) is 33.8 Å². The molecule has 0 atom stereocenters. The van der Waals surface area contributed by atoms with Crippen molar-refractivity contribution in [3.05, 3.63) is 50.7 Å². The quantitative estimate of drug-likeness (QED) is 0.576. The van der Waals surface area contributed by atoms with Crippen molar-refractivity contribution in [1.29, 1.82) is 5.26 Å². The van der Waals surface area contributed by atoms with Crippen LogP contribution in [-0.4, -0.2) is 9.78 Å². The molecule has 98 valence electrons. The van der Waals surface area contributed by atoms with E-state index in [9.17, 15) is 5.26 Å². The Morgan fingerprint density at radius 2 is 2.10 bits per heavy atom. The summed E-state index contributed by atoms with van der Waals surface area (Å²) in [5.74, 6) is 0. The van der Waals surface area contributed by atoms with Gasteiger partial charge in [0, 0.05) is 18.0 Å². The maximum atomic E-state index is 9.44. The molecule has 1 heterocycles. The van der Waals surface area contributed by atoms with Gasteiger partial charge >= 0.3 is 0 Å². The van der Waals surface area contributed by atoms with E-state index in [1.54, 1.807) is 10.9 Å². The van der Waals surface area contributed by atoms with Crippen molar-refractivity contribution in [3.63, 3.8) is 0 Å². The van der Waals surface area contributed by atoms with E-state index in [1.165, 1.54) is 0 Å². The van der Waals surface area contributed by atoms with Crippen LogP contribution in [0.3, 0.4) is 0 Å². The van der Waals surface area contributed by atoms with Crippen molar-refractivity contribution in [2.24, 2.45) is 7.05 Å². The van der Waals surface area contributed by atoms with Gasteiger partial charge in [-0.25, -0.2) is 0 Å². The van der Waals surface area contributed by atoms with Crippen LogP contribution in [0.4, 0.5) is 0 Å². The number of fused-ring (bicyclic) bond motifs is 1. The summed E-state index contributed by atoms with van der Waals surface area (Å²) in [4.78, 5) is 0. The van der Waals surface area contributed by atoms with E-state index in [0.29, 0.717) is 10.6 Å². The predicted molar refractivity (Wildman–Crippen MR) is 88.6 cm³/mol. The smallest absolute Gasteiger partial charge is 0.0999 e. The summed E-state index contributed by atoms with van der Waals surface area (Å²) in [6.45, 7) is 0. The summed E-state index contributed by atoms with van der Waals surface area (Å²) < 4.78 is 2.72. The number of nitriles is 1. The van der Waals surface area contributed by atoms with Crippen molar-refractivity contribution < 1.29 is 0 Å². The minimum absolute atomic E-state index is 0.565. The van der Waals surface area contributed by atoms with Gasteiger partial charge in [-0.05, 0) is 34.0 Å². The van der Waals surface area contributed by atoms with Crippen LogP contribution >= 0.6 is 34.2 Å². The molecule has 0 bridgehead atoms. The first-order valence-corrected chi connectivity index (χ1v) is 7.38. The van der Waals surface area contributed by atoms with Gasteiger partial charge in [-0.1, -0.05) is 35.9 Å². The fourth-order valence-corrected chi connectivity index (χ4v) is 3.42. The monoisotopic (exact) mass is 393 g/mol. The fraction of sp³-hybridized carbons (Fsp3) is 0.0667. The predicted octanol–water partition coefficient (Wildman–Crippen LogP) is 4.37. The topological polar surface area (TPSA) is 41.6 Å². The molecule has 0 aliphatic carbocycles. The summed E-state index contributed by atoms with van der Waals surface area (Å²) in [5.41, 5.74) is 2.19. The number of nitrogens with zero attached hydrogens (tertiary/aromatic N) is 3. The van der Waals surface area contributed by atoms with Gasteiger partial charge in [0.1, 0.15) is 0 Å². The lowest BCUT2D eigenvalue weighted by molar-refractivity contribution is 0.775. The molecule has 0 saturated carbocycles. The fourth-order valence-electron chi connectivity index (χ4n) is 2.31. The molecule has 0 radical (unpaired) electrons. The molecule has 0 N–H and O–H groups in total. The number of halogens is 2. The molecule has 0 saturated heterocycles. The summed E-state index contributed by atoms with van der Waals surface area (Å²) in [5, 5.41) is 16.2. The second-order valence-corrected chi connectivity index (χ2v) is 5.95. The van der Waals surface area contributed by atoms with Crippen LogP contribution in [0.15, 0.2) is 36.5 Å². The number of rotatable bonds is 1. The first kappa shape index (κ1) is 13.4. The average Bonchev–Trinajstić information content (AvgIpc) is 2.78. The van der Waals surface area contributed by atoms with Crippen molar-refractivity contribution in [2.75, 3.05) is 0 Å². The van der Waals surface area contributed by atoms with Gasteiger partial charge in [-0.15, -0.1) is 0 Å². The van der Waals surface area contributed by atoms with Crippen LogP contribution in [0, 0.1) is 14.9 Å². The van der Waals surface area contributed by atoms with Crippen LogP contribution < -0.4 is 0 Å². The number of aryl methyl sites for hydroxylation is 1. The molecule has 2 aromatic carbocycles. The highest BCUT2D eigenvalue weighted by Gasteiger charge is 2.19. The van der Waals surface area contributed by atoms with Crippen molar-refractivity contribution >= 4 is 45.0 Å². The van der Waals surface area contributed by atoms with E-state index in [1.807, 2.05) is 37.4 Å². The van der Waals surface area contributed by atoms with Crippen molar-refractivity contribution in [1.82, 2.24) is 9.78 Å². The highest BCUT2D eigenvalue weighted by atomic mass is 127. The maximum absolute atomic E-state index is 9.44. The molecule has 0 aliphatic heterocycles. The lowest BCUT2D eigenvalue weighted by atomic mass is 9.99. The van der Waals surface area contributed by atoms with E-state index in [-0.39, 0.29) is 0 Å². The third-order valence-electron chi connectivity index (χ3n) is 3.24. The Labute approximate surface area is 134 Å². The molecular weight excluding hydrogens is 385 g/mol. The zero-order valence-corrected chi connectivity index (χ0v) is 13.5. The molecule has 20 heavy (non-hydrogen) atoms. The van der Waals surface area contributed by atoms with Crippen LogP contribution in [0.25, 0.3) is 22.0 Å². The van der Waals surface area contributed by atoms with E-state index in [4.69, 9.17) is 11.6 Å². The summed E-state index contributed by atoms with van der Waals surface area (Å²) in [6.07, 6.45) is 1.77. The van der Waals surface area contributed by atoms with Crippen LogP contribution in [-0.2, 0) is 7.05 Å².